The van der Waals surface area contributed by atoms with Crippen LogP contribution in [0.15, 0.2) is 18.2 Å². The number of ether oxygens (including phenoxy) is 1. The highest BCUT2D eigenvalue weighted by molar-refractivity contribution is 6.30. The van der Waals surface area contributed by atoms with Crippen LogP contribution >= 0.6 is 11.6 Å². The fourth-order valence-electron chi connectivity index (χ4n) is 2.03. The molecule has 1 aliphatic carbocycles. The summed E-state index contributed by atoms with van der Waals surface area (Å²) in [4.78, 5) is 0. The van der Waals surface area contributed by atoms with Crippen molar-refractivity contribution in [3.8, 4) is 5.75 Å². The van der Waals surface area contributed by atoms with Gasteiger partial charge in [0.05, 0.1) is 5.60 Å². The Morgan fingerprint density at radius 3 is 2.65 bits per heavy atom. The maximum absolute atomic E-state index is 10.3. The van der Waals surface area contributed by atoms with Crippen molar-refractivity contribution in [2.75, 3.05) is 6.61 Å². The highest BCUT2D eigenvalue weighted by Crippen LogP contribution is 2.27. The van der Waals surface area contributed by atoms with E-state index in [2.05, 4.69) is 5.32 Å². The van der Waals surface area contributed by atoms with Gasteiger partial charge in [-0.05, 0) is 43.9 Å². The molecule has 0 heterocycles. The van der Waals surface area contributed by atoms with Crippen LogP contribution in [-0.2, 0) is 6.54 Å². The number of halogens is 1. The minimum absolute atomic E-state index is 0.318. The Balaban J connectivity index is 2.01. The molecule has 1 aromatic carbocycles. The standard InChI is InChI=1S/C16H24ClNO2/c1-3-16(19,4-2)11-20-15-8-5-13(17)9-12(15)10-18-14-6-7-14/h5,8-9,14,18-19H,3-4,6-7,10-11H2,1-2H3. The molecular formula is C16H24ClNO2. The summed E-state index contributed by atoms with van der Waals surface area (Å²) in [5.74, 6) is 0.808. The SMILES string of the molecule is CCC(O)(CC)COc1ccc(Cl)cc1CNC1CC1. The van der Waals surface area contributed by atoms with E-state index in [9.17, 15) is 5.11 Å². The van der Waals surface area contributed by atoms with E-state index in [-0.39, 0.29) is 0 Å². The normalized spacial score (nSPS) is 15.4. The molecule has 0 bridgehead atoms. The second kappa shape index (κ2) is 6.79. The van der Waals surface area contributed by atoms with Gasteiger partial charge in [0.15, 0.2) is 0 Å². The van der Waals surface area contributed by atoms with Crippen LogP contribution in [-0.4, -0.2) is 23.4 Å². The van der Waals surface area contributed by atoms with Crippen LogP contribution in [0.25, 0.3) is 0 Å². The summed E-state index contributed by atoms with van der Waals surface area (Å²) in [6.45, 7) is 5.03. The largest absolute Gasteiger partial charge is 0.490 e. The number of aliphatic hydroxyl groups is 1. The minimum Gasteiger partial charge on any atom is -0.490 e. The average molecular weight is 298 g/mol. The molecule has 0 amide bonds. The third-order valence-corrected chi connectivity index (χ3v) is 4.23. The molecule has 2 N–H and O–H groups in total. The van der Waals surface area contributed by atoms with E-state index >= 15 is 0 Å². The van der Waals surface area contributed by atoms with Gasteiger partial charge >= 0.3 is 0 Å². The zero-order chi connectivity index (χ0) is 14.6. The molecule has 0 unspecified atom stereocenters. The molecule has 1 aromatic rings. The van der Waals surface area contributed by atoms with Gasteiger partial charge in [-0.25, -0.2) is 0 Å². The Labute approximate surface area is 126 Å². The fraction of sp³-hybridized carbons (Fsp3) is 0.625. The van der Waals surface area contributed by atoms with E-state index in [4.69, 9.17) is 16.3 Å². The zero-order valence-corrected chi connectivity index (χ0v) is 13.0. The number of rotatable bonds is 8. The van der Waals surface area contributed by atoms with Crippen molar-refractivity contribution in [3.63, 3.8) is 0 Å². The van der Waals surface area contributed by atoms with Gasteiger partial charge in [-0.3, -0.25) is 0 Å². The smallest absolute Gasteiger partial charge is 0.124 e. The first-order valence-electron chi connectivity index (χ1n) is 7.43. The molecule has 1 fully saturated rings. The van der Waals surface area contributed by atoms with Crippen LogP contribution in [0.5, 0.6) is 5.75 Å². The monoisotopic (exact) mass is 297 g/mol. The number of nitrogens with one attached hydrogen (secondary N) is 1. The summed E-state index contributed by atoms with van der Waals surface area (Å²) in [7, 11) is 0. The number of benzene rings is 1. The van der Waals surface area contributed by atoms with Gasteiger partial charge in [-0.15, -0.1) is 0 Å². The van der Waals surface area contributed by atoms with Crippen LogP contribution in [0.4, 0.5) is 0 Å². The van der Waals surface area contributed by atoms with Crippen LogP contribution in [0.3, 0.4) is 0 Å². The van der Waals surface area contributed by atoms with E-state index in [1.165, 1.54) is 12.8 Å². The van der Waals surface area contributed by atoms with E-state index in [1.807, 2.05) is 32.0 Å². The Morgan fingerprint density at radius 1 is 1.35 bits per heavy atom. The highest BCUT2D eigenvalue weighted by atomic mass is 35.5. The Hall–Kier alpha value is -0.770. The van der Waals surface area contributed by atoms with Crippen LogP contribution in [0.2, 0.25) is 5.02 Å². The summed E-state index contributed by atoms with van der Waals surface area (Å²) in [6, 6.07) is 6.29. The lowest BCUT2D eigenvalue weighted by molar-refractivity contribution is -0.0116. The first-order valence-corrected chi connectivity index (χ1v) is 7.81. The third kappa shape index (κ3) is 4.37. The van der Waals surface area contributed by atoms with Crippen molar-refractivity contribution in [3.05, 3.63) is 28.8 Å². The van der Waals surface area contributed by atoms with Crippen molar-refractivity contribution in [1.82, 2.24) is 5.32 Å². The quantitative estimate of drug-likeness (QED) is 0.771. The van der Waals surface area contributed by atoms with Gasteiger partial charge in [-0.2, -0.15) is 0 Å². The van der Waals surface area contributed by atoms with Crippen LogP contribution in [0, 0.1) is 0 Å². The Bertz CT molecular complexity index is 442. The summed E-state index contributed by atoms with van der Waals surface area (Å²) in [6.07, 6.45) is 3.88. The van der Waals surface area contributed by atoms with Gasteiger partial charge in [-0.1, -0.05) is 25.4 Å². The molecule has 1 saturated carbocycles. The maximum Gasteiger partial charge on any atom is 0.124 e. The lowest BCUT2D eigenvalue weighted by atomic mass is 9.99. The number of hydrogen-bond acceptors (Lipinski definition) is 3. The van der Waals surface area contributed by atoms with Crippen molar-refractivity contribution in [2.24, 2.45) is 0 Å². The second-order valence-corrected chi connectivity index (χ2v) is 6.06. The predicted molar refractivity (Wildman–Crippen MR) is 82.3 cm³/mol. The Morgan fingerprint density at radius 2 is 2.05 bits per heavy atom. The van der Waals surface area contributed by atoms with E-state index in [0.717, 1.165) is 17.9 Å². The molecule has 112 valence electrons. The molecule has 0 spiro atoms. The predicted octanol–water partition coefficient (Wildman–Crippen LogP) is 3.52. The first kappa shape index (κ1) is 15.6. The van der Waals surface area contributed by atoms with Gasteiger partial charge in [0.2, 0.25) is 0 Å². The summed E-state index contributed by atoms with van der Waals surface area (Å²) in [5.41, 5.74) is 0.305. The lowest BCUT2D eigenvalue weighted by Crippen LogP contribution is -2.34. The maximum atomic E-state index is 10.3. The highest BCUT2D eigenvalue weighted by Gasteiger charge is 2.24. The second-order valence-electron chi connectivity index (χ2n) is 5.63. The molecule has 0 atom stereocenters. The van der Waals surface area contributed by atoms with Gasteiger partial charge in [0, 0.05) is 23.2 Å². The van der Waals surface area contributed by atoms with Gasteiger partial charge in [0.25, 0.3) is 0 Å². The third-order valence-electron chi connectivity index (χ3n) is 3.99. The average Bonchev–Trinajstić information content (AvgIpc) is 3.28. The summed E-state index contributed by atoms with van der Waals surface area (Å²) in [5, 5.41) is 14.5. The van der Waals surface area contributed by atoms with E-state index in [0.29, 0.717) is 30.5 Å². The lowest BCUT2D eigenvalue weighted by Gasteiger charge is -2.26. The first-order chi connectivity index (χ1) is 9.56. The number of hydrogen-bond donors (Lipinski definition) is 2. The minimum atomic E-state index is -0.749. The molecule has 2 rings (SSSR count). The van der Waals surface area contributed by atoms with Crippen molar-refractivity contribution < 1.29 is 9.84 Å². The van der Waals surface area contributed by atoms with E-state index in [1.54, 1.807) is 0 Å². The molecule has 1 aliphatic rings. The molecule has 3 nitrogen and oxygen atoms in total. The summed E-state index contributed by atoms with van der Waals surface area (Å²) < 4.78 is 5.84. The van der Waals surface area contributed by atoms with E-state index < -0.39 is 5.60 Å². The van der Waals surface area contributed by atoms with Crippen molar-refractivity contribution in [1.29, 1.82) is 0 Å². The van der Waals surface area contributed by atoms with Crippen molar-refractivity contribution in [2.45, 2.75) is 57.7 Å². The molecular weight excluding hydrogens is 274 g/mol. The zero-order valence-electron chi connectivity index (χ0n) is 12.3. The molecule has 0 radical (unpaired) electrons. The van der Waals surface area contributed by atoms with Crippen LogP contribution < -0.4 is 10.1 Å². The van der Waals surface area contributed by atoms with Crippen molar-refractivity contribution >= 4 is 11.6 Å². The van der Waals surface area contributed by atoms with Crippen LogP contribution in [0.1, 0.15) is 45.1 Å². The van der Waals surface area contributed by atoms with Gasteiger partial charge < -0.3 is 15.2 Å². The summed E-state index contributed by atoms with van der Waals surface area (Å²) >= 11 is 6.06. The molecule has 4 heteroatoms. The molecule has 0 aromatic heterocycles. The molecule has 0 aliphatic heterocycles. The topological polar surface area (TPSA) is 41.5 Å². The molecule has 20 heavy (non-hydrogen) atoms. The molecule has 0 saturated heterocycles. The Kier molecular flexibility index (Phi) is 5.30. The fourth-order valence-corrected chi connectivity index (χ4v) is 2.23. The van der Waals surface area contributed by atoms with Gasteiger partial charge in [0.1, 0.15) is 12.4 Å².